The van der Waals surface area contributed by atoms with Crippen LogP contribution in [0.5, 0.6) is 0 Å². The van der Waals surface area contributed by atoms with Crippen molar-refractivity contribution in [1.82, 2.24) is 5.32 Å². The highest BCUT2D eigenvalue weighted by Crippen LogP contribution is 2.22. The lowest BCUT2D eigenvalue weighted by Crippen LogP contribution is -2.39. The largest absolute Gasteiger partial charge is 0.445 e. The molecule has 0 radical (unpaired) electrons. The third kappa shape index (κ3) is 5.89. The number of ether oxygens (including phenoxy) is 2. The van der Waals surface area contributed by atoms with Crippen LogP contribution in [-0.2, 0) is 16.1 Å². The normalized spacial score (nSPS) is 19.0. The minimum absolute atomic E-state index is 0.0328. The second kappa shape index (κ2) is 9.99. The molecule has 28 heavy (non-hydrogen) atoms. The number of nitrogens with one attached hydrogen (secondary N) is 1. The number of amides is 1. The van der Waals surface area contributed by atoms with Crippen molar-refractivity contribution in [3.63, 3.8) is 0 Å². The average Bonchev–Trinajstić information content (AvgIpc) is 2.72. The predicted octanol–water partition coefficient (Wildman–Crippen LogP) is 4.26. The first-order valence-corrected chi connectivity index (χ1v) is 9.48. The lowest BCUT2D eigenvalue weighted by molar-refractivity contribution is 0.0233. The van der Waals surface area contributed by atoms with E-state index < -0.39 is 11.9 Å². The van der Waals surface area contributed by atoms with Gasteiger partial charge in [0.25, 0.3) is 0 Å². The number of hydrogen-bond donors (Lipinski definition) is 1. The first-order chi connectivity index (χ1) is 13.6. The molecule has 0 unspecified atom stereocenters. The molecule has 2 aromatic rings. The topological polar surface area (TPSA) is 64.6 Å². The van der Waals surface area contributed by atoms with Crippen LogP contribution < -0.4 is 5.32 Å². The fourth-order valence-corrected chi connectivity index (χ4v) is 3.26. The van der Waals surface area contributed by atoms with Gasteiger partial charge in [-0.1, -0.05) is 42.5 Å². The zero-order valence-corrected chi connectivity index (χ0v) is 15.6. The maximum absolute atomic E-state index is 13.6. The van der Waals surface area contributed by atoms with E-state index in [-0.39, 0.29) is 36.7 Å². The Kier molecular flexibility index (Phi) is 7.14. The van der Waals surface area contributed by atoms with Crippen molar-refractivity contribution in [1.29, 1.82) is 0 Å². The van der Waals surface area contributed by atoms with E-state index in [1.807, 2.05) is 30.3 Å². The lowest BCUT2D eigenvalue weighted by atomic mass is 9.93. The van der Waals surface area contributed by atoms with E-state index >= 15 is 0 Å². The van der Waals surface area contributed by atoms with Gasteiger partial charge in [0.05, 0.1) is 11.7 Å². The van der Waals surface area contributed by atoms with Gasteiger partial charge in [0.1, 0.15) is 19.0 Å². The summed E-state index contributed by atoms with van der Waals surface area (Å²) >= 11 is 0. The third-order valence-electron chi connectivity index (χ3n) is 4.83. The van der Waals surface area contributed by atoms with E-state index in [9.17, 15) is 14.0 Å². The van der Waals surface area contributed by atoms with Gasteiger partial charge in [-0.25, -0.2) is 9.18 Å². The van der Waals surface area contributed by atoms with Crippen molar-refractivity contribution in [2.24, 2.45) is 0 Å². The Morgan fingerprint density at radius 2 is 1.64 bits per heavy atom. The van der Waals surface area contributed by atoms with Gasteiger partial charge in [-0.3, -0.25) is 4.79 Å². The van der Waals surface area contributed by atoms with Crippen molar-refractivity contribution >= 4 is 11.9 Å². The lowest BCUT2D eigenvalue weighted by Gasteiger charge is -2.28. The van der Waals surface area contributed by atoms with Crippen LogP contribution in [0.1, 0.15) is 41.6 Å². The summed E-state index contributed by atoms with van der Waals surface area (Å²) in [7, 11) is 0. The van der Waals surface area contributed by atoms with Crippen LogP contribution in [-0.4, -0.2) is 30.6 Å². The number of halogens is 1. The molecule has 1 saturated carbocycles. The van der Waals surface area contributed by atoms with Gasteiger partial charge in [0.2, 0.25) is 0 Å². The SMILES string of the molecule is O=C(NC1CCC(OCC(=O)c2ccccc2F)CC1)OCc1ccccc1. The third-order valence-corrected chi connectivity index (χ3v) is 4.83. The summed E-state index contributed by atoms with van der Waals surface area (Å²) in [6, 6.07) is 15.4. The Labute approximate surface area is 163 Å². The highest BCUT2D eigenvalue weighted by atomic mass is 19.1. The Hall–Kier alpha value is -2.73. The number of carbonyl (C=O) groups is 2. The number of benzene rings is 2. The molecule has 1 aliphatic carbocycles. The number of Topliss-reactive ketones (excluding diaryl/α,β-unsaturated/α-hetero) is 1. The number of hydrogen-bond acceptors (Lipinski definition) is 4. The average molecular weight is 385 g/mol. The quantitative estimate of drug-likeness (QED) is 0.723. The molecule has 1 fully saturated rings. The fraction of sp³-hybridized carbons (Fsp3) is 0.364. The highest BCUT2D eigenvalue weighted by molar-refractivity contribution is 5.97. The number of carbonyl (C=O) groups excluding carboxylic acids is 2. The summed E-state index contributed by atoms with van der Waals surface area (Å²) < 4.78 is 24.5. The Morgan fingerprint density at radius 3 is 2.36 bits per heavy atom. The van der Waals surface area contributed by atoms with Gasteiger partial charge in [0, 0.05) is 6.04 Å². The molecule has 148 valence electrons. The first-order valence-electron chi connectivity index (χ1n) is 9.48. The minimum Gasteiger partial charge on any atom is -0.445 e. The molecule has 0 aromatic heterocycles. The van der Waals surface area contributed by atoms with E-state index in [1.165, 1.54) is 12.1 Å². The van der Waals surface area contributed by atoms with E-state index in [4.69, 9.17) is 9.47 Å². The summed E-state index contributed by atoms with van der Waals surface area (Å²) in [6.07, 6.45) is 2.47. The summed E-state index contributed by atoms with van der Waals surface area (Å²) in [6.45, 7) is 0.103. The number of ketones is 1. The van der Waals surface area contributed by atoms with Crippen LogP contribution in [0.4, 0.5) is 9.18 Å². The van der Waals surface area contributed by atoms with E-state index in [0.717, 1.165) is 31.2 Å². The maximum atomic E-state index is 13.6. The Morgan fingerprint density at radius 1 is 0.964 bits per heavy atom. The van der Waals surface area contributed by atoms with Crippen molar-refractivity contribution in [2.45, 2.75) is 44.4 Å². The van der Waals surface area contributed by atoms with Crippen molar-refractivity contribution in [2.75, 3.05) is 6.61 Å². The van der Waals surface area contributed by atoms with Gasteiger partial charge >= 0.3 is 6.09 Å². The van der Waals surface area contributed by atoms with Crippen LogP contribution in [0.3, 0.4) is 0 Å². The Balaban J connectivity index is 1.34. The second-order valence-electron chi connectivity index (χ2n) is 6.89. The molecule has 0 saturated heterocycles. The molecule has 0 bridgehead atoms. The van der Waals surface area contributed by atoms with Crippen molar-refractivity contribution in [3.05, 3.63) is 71.5 Å². The molecule has 1 amide bonds. The zero-order chi connectivity index (χ0) is 19.8. The smallest absolute Gasteiger partial charge is 0.407 e. The van der Waals surface area contributed by atoms with Gasteiger partial charge in [-0.15, -0.1) is 0 Å². The Bertz CT molecular complexity index is 788. The molecule has 3 rings (SSSR count). The van der Waals surface area contributed by atoms with E-state index in [1.54, 1.807) is 12.1 Å². The van der Waals surface area contributed by atoms with Gasteiger partial charge in [-0.05, 0) is 43.4 Å². The maximum Gasteiger partial charge on any atom is 0.407 e. The molecule has 0 aliphatic heterocycles. The van der Waals surface area contributed by atoms with Gasteiger partial charge in [-0.2, -0.15) is 0 Å². The molecule has 0 spiro atoms. The number of alkyl carbamates (subject to hydrolysis) is 1. The standard InChI is InChI=1S/C22H24FNO4/c23-20-9-5-4-8-19(20)21(25)15-27-18-12-10-17(11-13-18)24-22(26)28-14-16-6-2-1-3-7-16/h1-9,17-18H,10-15H2,(H,24,26). The number of rotatable bonds is 7. The van der Waals surface area contributed by atoms with Crippen molar-refractivity contribution in [3.8, 4) is 0 Å². The molecule has 0 atom stereocenters. The monoisotopic (exact) mass is 385 g/mol. The van der Waals surface area contributed by atoms with Crippen LogP contribution in [0, 0.1) is 5.82 Å². The molecule has 0 heterocycles. The molecular weight excluding hydrogens is 361 g/mol. The van der Waals surface area contributed by atoms with E-state index in [0.29, 0.717) is 0 Å². The van der Waals surface area contributed by atoms with Crippen LogP contribution in [0.2, 0.25) is 0 Å². The minimum atomic E-state index is -0.530. The molecule has 1 aliphatic rings. The molecule has 1 N–H and O–H groups in total. The summed E-state index contributed by atoms with van der Waals surface area (Å²) in [4.78, 5) is 24.0. The predicted molar refractivity (Wildman–Crippen MR) is 102 cm³/mol. The molecule has 2 aromatic carbocycles. The highest BCUT2D eigenvalue weighted by Gasteiger charge is 2.24. The molecule has 5 nitrogen and oxygen atoms in total. The summed E-state index contributed by atoms with van der Waals surface area (Å²) in [5.74, 6) is -0.888. The molecular formula is C22H24FNO4. The van der Waals surface area contributed by atoms with Gasteiger partial charge in [0.15, 0.2) is 5.78 Å². The fourth-order valence-electron chi connectivity index (χ4n) is 3.26. The van der Waals surface area contributed by atoms with Crippen molar-refractivity contribution < 1.29 is 23.5 Å². The van der Waals surface area contributed by atoms with Gasteiger partial charge < -0.3 is 14.8 Å². The van der Waals surface area contributed by atoms with Crippen LogP contribution in [0.25, 0.3) is 0 Å². The zero-order valence-electron chi connectivity index (χ0n) is 15.6. The van der Waals surface area contributed by atoms with Crippen LogP contribution >= 0.6 is 0 Å². The second-order valence-corrected chi connectivity index (χ2v) is 6.89. The summed E-state index contributed by atoms with van der Waals surface area (Å²) in [5.41, 5.74) is 0.994. The first kappa shape index (κ1) is 20.0. The summed E-state index contributed by atoms with van der Waals surface area (Å²) in [5, 5.41) is 2.87. The van der Waals surface area contributed by atoms with Crippen LogP contribution in [0.15, 0.2) is 54.6 Å². The van der Waals surface area contributed by atoms with E-state index in [2.05, 4.69) is 5.32 Å². The molecule has 6 heteroatoms.